The predicted molar refractivity (Wildman–Crippen MR) is 82.3 cm³/mol. The van der Waals surface area contributed by atoms with Crippen LogP contribution >= 0.6 is 15.9 Å². The van der Waals surface area contributed by atoms with Gasteiger partial charge in [-0.05, 0) is 30.7 Å². The van der Waals surface area contributed by atoms with Gasteiger partial charge in [0.05, 0.1) is 12.8 Å². The van der Waals surface area contributed by atoms with Gasteiger partial charge in [-0.25, -0.2) is 4.98 Å². The van der Waals surface area contributed by atoms with Crippen molar-refractivity contribution >= 4 is 33.0 Å². The standard InChI is InChI=1S/C14H13BrN4O/c1-8-3-4-9(7-10(8)15)19-13-11(17-14(19)16)5-6-12(18-13)20-2/h3-7H,1-2H3,(H2,16,17). The van der Waals surface area contributed by atoms with Crippen LogP contribution in [0.2, 0.25) is 0 Å². The minimum absolute atomic E-state index is 0.400. The number of nitrogen functional groups attached to an aromatic ring is 1. The Hall–Kier alpha value is -2.08. The number of methoxy groups -OCH3 is 1. The lowest BCUT2D eigenvalue weighted by Gasteiger charge is -2.08. The molecule has 2 N–H and O–H groups in total. The molecule has 0 saturated heterocycles. The van der Waals surface area contributed by atoms with Gasteiger partial charge in [0.15, 0.2) is 5.65 Å². The van der Waals surface area contributed by atoms with Crippen molar-refractivity contribution in [2.24, 2.45) is 0 Å². The van der Waals surface area contributed by atoms with E-state index in [0.717, 1.165) is 21.2 Å². The van der Waals surface area contributed by atoms with Gasteiger partial charge in [-0.3, -0.25) is 4.57 Å². The summed E-state index contributed by atoms with van der Waals surface area (Å²) >= 11 is 3.53. The minimum atomic E-state index is 0.400. The number of nitrogens with zero attached hydrogens (tertiary/aromatic N) is 3. The van der Waals surface area contributed by atoms with Crippen molar-refractivity contribution in [3.63, 3.8) is 0 Å². The van der Waals surface area contributed by atoms with Gasteiger partial charge in [-0.1, -0.05) is 22.0 Å². The Labute approximate surface area is 124 Å². The fraction of sp³-hybridized carbons (Fsp3) is 0.143. The molecular weight excluding hydrogens is 320 g/mol. The molecule has 5 nitrogen and oxygen atoms in total. The van der Waals surface area contributed by atoms with Crippen LogP contribution in [0.4, 0.5) is 5.95 Å². The quantitative estimate of drug-likeness (QED) is 0.783. The molecule has 0 unspecified atom stereocenters. The highest BCUT2D eigenvalue weighted by Crippen LogP contribution is 2.26. The average Bonchev–Trinajstić information content (AvgIpc) is 2.77. The second kappa shape index (κ2) is 4.79. The molecule has 0 spiro atoms. The number of imidazole rings is 1. The normalized spacial score (nSPS) is 10.9. The lowest BCUT2D eigenvalue weighted by atomic mass is 10.2. The number of anilines is 1. The topological polar surface area (TPSA) is 66.0 Å². The summed E-state index contributed by atoms with van der Waals surface area (Å²) in [6.07, 6.45) is 0. The van der Waals surface area contributed by atoms with E-state index in [1.54, 1.807) is 13.2 Å². The van der Waals surface area contributed by atoms with E-state index >= 15 is 0 Å². The highest BCUT2D eigenvalue weighted by atomic mass is 79.9. The first-order chi connectivity index (χ1) is 9.60. The molecule has 0 amide bonds. The molecule has 2 heterocycles. The zero-order chi connectivity index (χ0) is 14.3. The number of fused-ring (bicyclic) bond motifs is 1. The zero-order valence-corrected chi connectivity index (χ0v) is 12.7. The molecule has 0 aliphatic carbocycles. The lowest BCUT2D eigenvalue weighted by molar-refractivity contribution is 0.399. The van der Waals surface area contributed by atoms with Crippen molar-refractivity contribution in [2.75, 3.05) is 12.8 Å². The Bertz CT molecular complexity index is 797. The van der Waals surface area contributed by atoms with Crippen LogP contribution in [0, 0.1) is 6.92 Å². The Kier molecular flexibility index (Phi) is 3.10. The minimum Gasteiger partial charge on any atom is -0.481 e. The smallest absolute Gasteiger partial charge is 0.215 e. The second-order valence-electron chi connectivity index (χ2n) is 4.44. The maximum atomic E-state index is 6.02. The molecular formula is C14H13BrN4O. The predicted octanol–water partition coefficient (Wildman–Crippen LogP) is 3.08. The van der Waals surface area contributed by atoms with Gasteiger partial charge in [-0.15, -0.1) is 0 Å². The van der Waals surface area contributed by atoms with E-state index in [4.69, 9.17) is 10.5 Å². The largest absolute Gasteiger partial charge is 0.481 e. The molecule has 0 fully saturated rings. The summed E-state index contributed by atoms with van der Waals surface area (Å²) in [7, 11) is 1.58. The summed E-state index contributed by atoms with van der Waals surface area (Å²) in [5.74, 6) is 0.932. The van der Waals surface area contributed by atoms with E-state index in [2.05, 4.69) is 25.9 Å². The molecule has 0 atom stereocenters. The van der Waals surface area contributed by atoms with Gasteiger partial charge >= 0.3 is 0 Å². The molecule has 0 aliphatic heterocycles. The third-order valence-corrected chi connectivity index (χ3v) is 3.98. The van der Waals surface area contributed by atoms with E-state index in [1.165, 1.54) is 0 Å². The van der Waals surface area contributed by atoms with Gasteiger partial charge in [0.2, 0.25) is 11.8 Å². The molecule has 102 valence electrons. The summed E-state index contributed by atoms with van der Waals surface area (Å²) < 4.78 is 7.98. The Morgan fingerprint density at radius 2 is 2.00 bits per heavy atom. The monoisotopic (exact) mass is 332 g/mol. The Morgan fingerprint density at radius 1 is 1.20 bits per heavy atom. The number of halogens is 1. The van der Waals surface area contributed by atoms with Crippen LogP contribution in [0.1, 0.15) is 5.56 Å². The van der Waals surface area contributed by atoms with E-state index in [1.807, 2.05) is 35.8 Å². The highest BCUT2D eigenvalue weighted by molar-refractivity contribution is 9.10. The van der Waals surface area contributed by atoms with Crippen LogP contribution in [-0.2, 0) is 0 Å². The number of pyridine rings is 1. The number of hydrogen-bond donors (Lipinski definition) is 1. The van der Waals surface area contributed by atoms with Gasteiger partial charge in [0.1, 0.15) is 5.52 Å². The van der Waals surface area contributed by atoms with Gasteiger partial charge < -0.3 is 10.5 Å². The Morgan fingerprint density at radius 3 is 2.70 bits per heavy atom. The molecule has 0 radical (unpaired) electrons. The van der Waals surface area contributed by atoms with Gasteiger partial charge in [0.25, 0.3) is 0 Å². The van der Waals surface area contributed by atoms with Crippen LogP contribution in [0.3, 0.4) is 0 Å². The third kappa shape index (κ3) is 2.02. The van der Waals surface area contributed by atoms with Crippen molar-refractivity contribution in [3.8, 4) is 11.6 Å². The summed E-state index contributed by atoms with van der Waals surface area (Å²) in [6.45, 7) is 2.03. The van der Waals surface area contributed by atoms with Crippen molar-refractivity contribution in [3.05, 3.63) is 40.4 Å². The lowest BCUT2D eigenvalue weighted by Crippen LogP contribution is -2.02. The molecule has 20 heavy (non-hydrogen) atoms. The first-order valence-corrected chi connectivity index (χ1v) is 6.85. The molecule has 3 rings (SSSR count). The van der Waals surface area contributed by atoms with Crippen molar-refractivity contribution in [2.45, 2.75) is 6.92 Å². The van der Waals surface area contributed by atoms with Crippen molar-refractivity contribution in [1.29, 1.82) is 0 Å². The molecule has 0 saturated carbocycles. The summed E-state index contributed by atoms with van der Waals surface area (Å²) in [5, 5.41) is 0. The molecule has 1 aromatic carbocycles. The third-order valence-electron chi connectivity index (χ3n) is 3.13. The van der Waals surface area contributed by atoms with Crippen LogP contribution in [-0.4, -0.2) is 21.6 Å². The first-order valence-electron chi connectivity index (χ1n) is 6.05. The number of ether oxygens (including phenoxy) is 1. The molecule has 0 bridgehead atoms. The molecule has 0 aliphatic rings. The number of hydrogen-bond acceptors (Lipinski definition) is 4. The molecule has 3 aromatic rings. The van der Waals surface area contributed by atoms with Crippen LogP contribution < -0.4 is 10.5 Å². The fourth-order valence-electron chi connectivity index (χ4n) is 2.05. The fourth-order valence-corrected chi connectivity index (χ4v) is 2.41. The van der Waals surface area contributed by atoms with Crippen LogP contribution in [0.5, 0.6) is 5.88 Å². The van der Waals surface area contributed by atoms with Crippen LogP contribution in [0.25, 0.3) is 16.9 Å². The maximum absolute atomic E-state index is 6.02. The number of aryl methyl sites for hydroxylation is 1. The SMILES string of the molecule is COc1ccc2nc(N)n(-c3ccc(C)c(Br)c3)c2n1. The Balaban J connectivity index is 2.28. The second-order valence-corrected chi connectivity index (χ2v) is 5.29. The summed E-state index contributed by atoms with van der Waals surface area (Å²) in [4.78, 5) is 8.75. The molecule has 6 heteroatoms. The maximum Gasteiger partial charge on any atom is 0.215 e. The van der Waals surface area contributed by atoms with Crippen molar-refractivity contribution in [1.82, 2.24) is 14.5 Å². The zero-order valence-electron chi connectivity index (χ0n) is 11.1. The molecule has 2 aromatic heterocycles. The van der Waals surface area contributed by atoms with Crippen LogP contribution in [0.15, 0.2) is 34.8 Å². The number of nitrogens with two attached hydrogens (primary N) is 1. The highest BCUT2D eigenvalue weighted by Gasteiger charge is 2.13. The van der Waals surface area contributed by atoms with E-state index < -0.39 is 0 Å². The van der Waals surface area contributed by atoms with E-state index in [0.29, 0.717) is 17.5 Å². The number of aromatic nitrogens is 3. The first kappa shape index (κ1) is 12.9. The van der Waals surface area contributed by atoms with E-state index in [-0.39, 0.29) is 0 Å². The van der Waals surface area contributed by atoms with E-state index in [9.17, 15) is 0 Å². The summed E-state index contributed by atoms with van der Waals surface area (Å²) in [5.41, 5.74) is 9.50. The summed E-state index contributed by atoms with van der Waals surface area (Å²) in [6, 6.07) is 9.61. The number of benzene rings is 1. The van der Waals surface area contributed by atoms with Gasteiger partial charge in [-0.2, -0.15) is 4.98 Å². The van der Waals surface area contributed by atoms with Crippen molar-refractivity contribution < 1.29 is 4.74 Å². The van der Waals surface area contributed by atoms with Gasteiger partial charge in [0, 0.05) is 10.5 Å². The number of rotatable bonds is 2. The average molecular weight is 333 g/mol.